The summed E-state index contributed by atoms with van der Waals surface area (Å²) >= 11 is 0. The molecule has 1 saturated carbocycles. The minimum Gasteiger partial charge on any atom is -0.356 e. The first kappa shape index (κ1) is 14.4. The van der Waals surface area contributed by atoms with Crippen LogP contribution in [0.1, 0.15) is 42.4 Å². The lowest BCUT2D eigenvalue weighted by Crippen LogP contribution is -2.44. The summed E-state index contributed by atoms with van der Waals surface area (Å²) in [4.78, 5) is 32.1. The summed E-state index contributed by atoms with van der Waals surface area (Å²) in [6, 6.07) is -0.114. The second-order valence-electron chi connectivity index (χ2n) is 5.05. The largest absolute Gasteiger partial charge is 0.356 e. The molecule has 1 aliphatic rings. The van der Waals surface area contributed by atoms with E-state index in [-0.39, 0.29) is 29.5 Å². The van der Waals surface area contributed by atoms with E-state index < -0.39 is 0 Å². The zero-order valence-electron chi connectivity index (χ0n) is 11.8. The van der Waals surface area contributed by atoms with Crippen LogP contribution in [0.5, 0.6) is 0 Å². The average Bonchev–Trinajstić information content (AvgIpc) is 2.88. The Balaban J connectivity index is 1.99. The Labute approximate surface area is 118 Å². The first-order valence-corrected chi connectivity index (χ1v) is 6.99. The molecule has 0 saturated heterocycles. The smallest absolute Gasteiger partial charge is 0.271 e. The predicted molar refractivity (Wildman–Crippen MR) is 74.0 cm³/mol. The number of carbonyl (C=O) groups is 2. The molecule has 1 heterocycles. The lowest BCUT2D eigenvalue weighted by Gasteiger charge is -2.19. The Morgan fingerprint density at radius 3 is 2.75 bits per heavy atom. The van der Waals surface area contributed by atoms with Crippen molar-refractivity contribution in [2.45, 2.75) is 39.2 Å². The minimum atomic E-state index is -0.265. The van der Waals surface area contributed by atoms with E-state index >= 15 is 0 Å². The quantitative estimate of drug-likeness (QED) is 0.852. The number of hydrogen-bond acceptors (Lipinski definition) is 4. The monoisotopic (exact) mass is 276 g/mol. The van der Waals surface area contributed by atoms with Gasteiger partial charge in [0.2, 0.25) is 5.91 Å². The van der Waals surface area contributed by atoms with E-state index in [0.29, 0.717) is 6.54 Å². The molecule has 1 aromatic heterocycles. The molecule has 0 unspecified atom stereocenters. The van der Waals surface area contributed by atoms with Gasteiger partial charge in [-0.05, 0) is 26.7 Å². The number of amides is 2. The summed E-state index contributed by atoms with van der Waals surface area (Å²) in [7, 11) is 0. The highest BCUT2D eigenvalue weighted by Gasteiger charge is 2.34. The van der Waals surface area contributed by atoms with Crippen LogP contribution < -0.4 is 10.6 Å². The summed E-state index contributed by atoms with van der Waals surface area (Å²) in [5, 5.41) is 5.72. The Morgan fingerprint density at radius 1 is 1.30 bits per heavy atom. The topological polar surface area (TPSA) is 84.0 Å². The molecule has 108 valence electrons. The van der Waals surface area contributed by atoms with Crippen molar-refractivity contribution in [2.24, 2.45) is 5.92 Å². The number of carbonyl (C=O) groups excluding carboxylic acids is 2. The molecular weight excluding hydrogens is 256 g/mol. The van der Waals surface area contributed by atoms with Crippen LogP contribution in [0.25, 0.3) is 0 Å². The van der Waals surface area contributed by atoms with Crippen molar-refractivity contribution in [3.05, 3.63) is 23.8 Å². The number of rotatable bonds is 4. The van der Waals surface area contributed by atoms with Crippen LogP contribution in [0.2, 0.25) is 0 Å². The molecule has 2 rings (SSSR count). The molecule has 2 atom stereocenters. The summed E-state index contributed by atoms with van der Waals surface area (Å²) in [6.07, 6.45) is 5.61. The molecule has 0 aromatic carbocycles. The second-order valence-corrected chi connectivity index (χ2v) is 5.05. The fraction of sp³-hybridized carbons (Fsp3) is 0.571. The van der Waals surface area contributed by atoms with E-state index in [9.17, 15) is 9.59 Å². The highest BCUT2D eigenvalue weighted by atomic mass is 16.2. The summed E-state index contributed by atoms with van der Waals surface area (Å²) in [6.45, 7) is 4.32. The van der Waals surface area contributed by atoms with Gasteiger partial charge in [0.15, 0.2) is 0 Å². The third kappa shape index (κ3) is 3.31. The van der Waals surface area contributed by atoms with Crippen LogP contribution in [0.4, 0.5) is 0 Å². The van der Waals surface area contributed by atoms with Gasteiger partial charge in [-0.15, -0.1) is 0 Å². The van der Waals surface area contributed by atoms with Gasteiger partial charge in [-0.1, -0.05) is 6.42 Å². The highest BCUT2D eigenvalue weighted by Crippen LogP contribution is 2.26. The number of aryl methyl sites for hydroxylation is 1. The van der Waals surface area contributed by atoms with Crippen LogP contribution in [0.3, 0.4) is 0 Å². The van der Waals surface area contributed by atoms with Crippen molar-refractivity contribution in [3.63, 3.8) is 0 Å². The molecule has 0 bridgehead atoms. The highest BCUT2D eigenvalue weighted by molar-refractivity contribution is 5.92. The van der Waals surface area contributed by atoms with E-state index in [2.05, 4.69) is 20.6 Å². The summed E-state index contributed by atoms with van der Waals surface area (Å²) < 4.78 is 0. The van der Waals surface area contributed by atoms with Crippen LogP contribution in [-0.2, 0) is 4.79 Å². The number of hydrogen-bond donors (Lipinski definition) is 2. The van der Waals surface area contributed by atoms with E-state index in [1.165, 1.54) is 6.20 Å². The van der Waals surface area contributed by atoms with Crippen LogP contribution in [0.15, 0.2) is 12.4 Å². The Bertz CT molecular complexity index is 486. The predicted octanol–water partition coefficient (Wildman–Crippen LogP) is 0.820. The molecule has 6 heteroatoms. The van der Waals surface area contributed by atoms with Gasteiger partial charge in [0.05, 0.1) is 17.8 Å². The summed E-state index contributed by atoms with van der Waals surface area (Å²) in [5.74, 6) is -0.388. The van der Waals surface area contributed by atoms with Gasteiger partial charge < -0.3 is 10.6 Å². The number of nitrogens with one attached hydrogen (secondary N) is 2. The van der Waals surface area contributed by atoms with Gasteiger partial charge in [-0.3, -0.25) is 14.6 Å². The number of aromatic nitrogens is 2. The van der Waals surface area contributed by atoms with Crippen molar-refractivity contribution in [1.82, 2.24) is 20.6 Å². The van der Waals surface area contributed by atoms with Gasteiger partial charge in [0.25, 0.3) is 5.91 Å². The summed E-state index contributed by atoms with van der Waals surface area (Å²) in [5.41, 5.74) is 1.06. The standard InChI is InChI=1S/C14H20N4O2/c1-3-15-13(19)10-5-4-6-11(10)18-14(20)12-8-16-9(2)7-17-12/h7-8,10-11H,3-6H2,1-2H3,(H,15,19)(H,18,20)/t10-,11+/m0/s1. The first-order valence-electron chi connectivity index (χ1n) is 6.99. The normalized spacial score (nSPS) is 21.5. The maximum Gasteiger partial charge on any atom is 0.271 e. The van der Waals surface area contributed by atoms with Gasteiger partial charge in [0.1, 0.15) is 5.69 Å². The van der Waals surface area contributed by atoms with Crippen LogP contribution >= 0.6 is 0 Å². The molecule has 1 aliphatic carbocycles. The SMILES string of the molecule is CCNC(=O)[C@H]1CCC[C@H]1NC(=O)c1cnc(C)cn1. The Kier molecular flexibility index (Phi) is 4.65. The van der Waals surface area contributed by atoms with Crippen molar-refractivity contribution in [3.8, 4) is 0 Å². The fourth-order valence-electron chi connectivity index (χ4n) is 2.50. The molecule has 20 heavy (non-hydrogen) atoms. The maximum atomic E-state index is 12.1. The fourth-order valence-corrected chi connectivity index (χ4v) is 2.50. The molecule has 2 N–H and O–H groups in total. The van der Waals surface area contributed by atoms with Crippen molar-refractivity contribution in [2.75, 3.05) is 6.54 Å². The van der Waals surface area contributed by atoms with Gasteiger partial charge >= 0.3 is 0 Å². The Morgan fingerprint density at radius 2 is 2.10 bits per heavy atom. The molecule has 2 amide bonds. The lowest BCUT2D eigenvalue weighted by molar-refractivity contribution is -0.125. The minimum absolute atomic E-state index is 0.0188. The van der Waals surface area contributed by atoms with Crippen molar-refractivity contribution in [1.29, 1.82) is 0 Å². The average molecular weight is 276 g/mol. The zero-order chi connectivity index (χ0) is 14.5. The van der Waals surface area contributed by atoms with E-state index in [1.54, 1.807) is 6.20 Å². The Hall–Kier alpha value is -1.98. The number of nitrogens with zero attached hydrogens (tertiary/aromatic N) is 2. The third-order valence-electron chi connectivity index (χ3n) is 3.53. The lowest BCUT2D eigenvalue weighted by atomic mass is 10.0. The second kappa shape index (κ2) is 6.45. The van der Waals surface area contributed by atoms with Crippen LogP contribution in [-0.4, -0.2) is 34.4 Å². The molecule has 1 fully saturated rings. The maximum absolute atomic E-state index is 12.1. The molecule has 6 nitrogen and oxygen atoms in total. The molecule has 0 radical (unpaired) electrons. The van der Waals surface area contributed by atoms with E-state index in [0.717, 1.165) is 25.0 Å². The van der Waals surface area contributed by atoms with E-state index in [4.69, 9.17) is 0 Å². The van der Waals surface area contributed by atoms with Crippen molar-refractivity contribution >= 4 is 11.8 Å². The first-order chi connectivity index (χ1) is 9.61. The molecule has 0 spiro atoms. The molecule has 0 aliphatic heterocycles. The van der Waals surface area contributed by atoms with Gasteiger partial charge in [-0.2, -0.15) is 0 Å². The van der Waals surface area contributed by atoms with Crippen LogP contribution in [0, 0.1) is 12.8 Å². The zero-order valence-corrected chi connectivity index (χ0v) is 11.8. The molecular formula is C14H20N4O2. The molecule has 1 aromatic rings. The van der Waals surface area contributed by atoms with Gasteiger partial charge in [-0.25, -0.2) is 4.98 Å². The third-order valence-corrected chi connectivity index (χ3v) is 3.53. The van der Waals surface area contributed by atoms with E-state index in [1.807, 2.05) is 13.8 Å². The van der Waals surface area contributed by atoms with Crippen molar-refractivity contribution < 1.29 is 9.59 Å². The van der Waals surface area contributed by atoms with Gasteiger partial charge in [0, 0.05) is 18.8 Å².